The van der Waals surface area contributed by atoms with Crippen molar-refractivity contribution in [2.45, 2.75) is 25.4 Å². The maximum atomic E-state index is 5.78. The number of hydrogen-bond donors (Lipinski definition) is 1. The van der Waals surface area contributed by atoms with Gasteiger partial charge in [-0.15, -0.1) is 0 Å². The smallest absolute Gasteiger partial charge is 0.119 e. The molecule has 122 valence electrons. The lowest BCUT2D eigenvalue weighted by atomic mass is 10.1. The molecule has 1 heterocycles. The van der Waals surface area contributed by atoms with Crippen LogP contribution in [0.2, 0.25) is 0 Å². The van der Waals surface area contributed by atoms with Gasteiger partial charge in [0, 0.05) is 32.2 Å². The standard InChI is InChI=1S/C20H26N2O/c1-3-8-18(9-4-1)16-22-14-13-21-19(17-22)10-7-15-23-20-11-5-2-6-12-20/h1-6,8-9,11-12,19,21H,7,10,13-17H2. The fourth-order valence-corrected chi connectivity index (χ4v) is 3.11. The van der Waals surface area contributed by atoms with Crippen LogP contribution >= 0.6 is 0 Å². The highest BCUT2D eigenvalue weighted by Crippen LogP contribution is 2.12. The van der Waals surface area contributed by atoms with Crippen molar-refractivity contribution in [2.75, 3.05) is 26.2 Å². The lowest BCUT2D eigenvalue weighted by Crippen LogP contribution is -2.50. The predicted octanol–water partition coefficient (Wildman–Crippen LogP) is 3.32. The Balaban J connectivity index is 1.37. The highest BCUT2D eigenvalue weighted by molar-refractivity contribution is 5.20. The van der Waals surface area contributed by atoms with Gasteiger partial charge in [0.1, 0.15) is 5.75 Å². The minimum absolute atomic E-state index is 0.576. The van der Waals surface area contributed by atoms with Gasteiger partial charge in [-0.2, -0.15) is 0 Å². The summed E-state index contributed by atoms with van der Waals surface area (Å²) in [7, 11) is 0. The van der Waals surface area contributed by atoms with Crippen molar-refractivity contribution in [3.63, 3.8) is 0 Å². The van der Waals surface area contributed by atoms with E-state index in [4.69, 9.17) is 4.74 Å². The van der Waals surface area contributed by atoms with E-state index in [2.05, 4.69) is 40.5 Å². The van der Waals surface area contributed by atoms with Crippen molar-refractivity contribution < 1.29 is 4.74 Å². The van der Waals surface area contributed by atoms with Gasteiger partial charge in [0.2, 0.25) is 0 Å². The normalized spacial score (nSPS) is 18.7. The fraction of sp³-hybridized carbons (Fsp3) is 0.400. The molecule has 3 nitrogen and oxygen atoms in total. The molecule has 3 heteroatoms. The van der Waals surface area contributed by atoms with Crippen LogP contribution in [-0.2, 0) is 6.54 Å². The first-order valence-electron chi connectivity index (χ1n) is 8.58. The van der Waals surface area contributed by atoms with Gasteiger partial charge in [-0.1, -0.05) is 48.5 Å². The Hall–Kier alpha value is -1.84. The molecular formula is C20H26N2O. The van der Waals surface area contributed by atoms with Gasteiger partial charge in [-0.05, 0) is 30.5 Å². The number of benzene rings is 2. The summed E-state index contributed by atoms with van der Waals surface area (Å²) in [6.45, 7) is 5.18. The predicted molar refractivity (Wildman–Crippen MR) is 94.7 cm³/mol. The third-order valence-electron chi connectivity index (χ3n) is 4.30. The molecule has 2 aromatic rings. The molecule has 1 aliphatic rings. The fourth-order valence-electron chi connectivity index (χ4n) is 3.11. The van der Waals surface area contributed by atoms with E-state index in [1.54, 1.807) is 0 Å². The maximum Gasteiger partial charge on any atom is 0.119 e. The minimum Gasteiger partial charge on any atom is -0.494 e. The van der Waals surface area contributed by atoms with Crippen molar-refractivity contribution in [3.05, 3.63) is 66.2 Å². The van der Waals surface area contributed by atoms with E-state index in [1.807, 2.05) is 30.3 Å². The van der Waals surface area contributed by atoms with E-state index in [-0.39, 0.29) is 0 Å². The largest absolute Gasteiger partial charge is 0.494 e. The van der Waals surface area contributed by atoms with Gasteiger partial charge in [-0.3, -0.25) is 4.90 Å². The third kappa shape index (κ3) is 5.38. The van der Waals surface area contributed by atoms with E-state index < -0.39 is 0 Å². The lowest BCUT2D eigenvalue weighted by Gasteiger charge is -2.33. The van der Waals surface area contributed by atoms with Gasteiger partial charge in [0.15, 0.2) is 0 Å². The van der Waals surface area contributed by atoms with Crippen LogP contribution in [0.15, 0.2) is 60.7 Å². The number of nitrogens with one attached hydrogen (secondary N) is 1. The molecule has 0 spiro atoms. The Morgan fingerprint density at radius 1 is 1.00 bits per heavy atom. The SMILES string of the molecule is c1ccc(CN2CCNC(CCCOc3ccccc3)C2)cc1. The summed E-state index contributed by atoms with van der Waals surface area (Å²) in [6.07, 6.45) is 2.25. The number of nitrogens with zero attached hydrogens (tertiary/aromatic N) is 1. The zero-order valence-electron chi connectivity index (χ0n) is 13.7. The van der Waals surface area contributed by atoms with Crippen LogP contribution in [0.3, 0.4) is 0 Å². The summed E-state index contributed by atoms with van der Waals surface area (Å²) in [4.78, 5) is 2.55. The lowest BCUT2D eigenvalue weighted by molar-refractivity contribution is 0.180. The highest BCUT2D eigenvalue weighted by Gasteiger charge is 2.18. The first kappa shape index (κ1) is 16.0. The molecule has 1 unspecified atom stereocenters. The molecular weight excluding hydrogens is 284 g/mol. The van der Waals surface area contributed by atoms with E-state index in [0.29, 0.717) is 6.04 Å². The number of para-hydroxylation sites is 1. The van der Waals surface area contributed by atoms with Crippen LogP contribution < -0.4 is 10.1 Å². The van der Waals surface area contributed by atoms with Crippen molar-refractivity contribution in [3.8, 4) is 5.75 Å². The quantitative estimate of drug-likeness (QED) is 0.794. The van der Waals surface area contributed by atoms with Gasteiger partial charge < -0.3 is 10.1 Å². The Morgan fingerprint density at radius 2 is 1.74 bits per heavy atom. The molecule has 23 heavy (non-hydrogen) atoms. The van der Waals surface area contributed by atoms with Crippen LogP contribution in [0.4, 0.5) is 0 Å². The molecule has 3 rings (SSSR count). The van der Waals surface area contributed by atoms with Crippen molar-refractivity contribution in [2.24, 2.45) is 0 Å². The summed E-state index contributed by atoms with van der Waals surface area (Å²) in [6, 6.07) is 21.4. The van der Waals surface area contributed by atoms with Crippen LogP contribution in [0.25, 0.3) is 0 Å². The zero-order valence-corrected chi connectivity index (χ0v) is 13.7. The summed E-state index contributed by atoms with van der Waals surface area (Å²) >= 11 is 0. The number of hydrogen-bond acceptors (Lipinski definition) is 3. The van der Waals surface area contributed by atoms with Crippen molar-refractivity contribution in [1.29, 1.82) is 0 Å². The molecule has 0 radical (unpaired) electrons. The Kier molecular flexibility index (Phi) is 6.07. The highest BCUT2D eigenvalue weighted by atomic mass is 16.5. The monoisotopic (exact) mass is 310 g/mol. The third-order valence-corrected chi connectivity index (χ3v) is 4.30. The van der Waals surface area contributed by atoms with Gasteiger partial charge in [0.05, 0.1) is 6.61 Å². The van der Waals surface area contributed by atoms with Gasteiger partial charge in [0.25, 0.3) is 0 Å². The maximum absolute atomic E-state index is 5.78. The van der Waals surface area contributed by atoms with Gasteiger partial charge >= 0.3 is 0 Å². The molecule has 1 N–H and O–H groups in total. The average molecular weight is 310 g/mol. The molecule has 1 atom stereocenters. The molecule has 0 saturated carbocycles. The van der Waals surface area contributed by atoms with Crippen LogP contribution in [0.1, 0.15) is 18.4 Å². The Morgan fingerprint density at radius 3 is 2.52 bits per heavy atom. The first-order valence-corrected chi connectivity index (χ1v) is 8.58. The van der Waals surface area contributed by atoms with E-state index >= 15 is 0 Å². The second-order valence-corrected chi connectivity index (χ2v) is 6.18. The molecule has 0 amide bonds. The second kappa shape index (κ2) is 8.70. The number of ether oxygens (including phenoxy) is 1. The molecule has 2 aromatic carbocycles. The molecule has 0 bridgehead atoms. The summed E-state index contributed by atoms with van der Waals surface area (Å²) < 4.78 is 5.78. The van der Waals surface area contributed by atoms with Crippen LogP contribution in [0.5, 0.6) is 5.75 Å². The average Bonchev–Trinajstić information content (AvgIpc) is 2.61. The summed E-state index contributed by atoms with van der Waals surface area (Å²) in [5.41, 5.74) is 1.40. The molecule has 0 aromatic heterocycles. The second-order valence-electron chi connectivity index (χ2n) is 6.18. The topological polar surface area (TPSA) is 24.5 Å². The van der Waals surface area contributed by atoms with Crippen LogP contribution in [-0.4, -0.2) is 37.2 Å². The summed E-state index contributed by atoms with van der Waals surface area (Å²) in [5.74, 6) is 0.967. The Bertz CT molecular complexity index is 558. The number of piperazine rings is 1. The van der Waals surface area contributed by atoms with Gasteiger partial charge in [-0.25, -0.2) is 0 Å². The number of rotatable bonds is 7. The molecule has 1 saturated heterocycles. The first-order chi connectivity index (χ1) is 11.4. The van der Waals surface area contributed by atoms with E-state index in [9.17, 15) is 0 Å². The van der Waals surface area contributed by atoms with Crippen LogP contribution in [0, 0.1) is 0 Å². The summed E-state index contributed by atoms with van der Waals surface area (Å²) in [5, 5.41) is 3.64. The van der Waals surface area contributed by atoms with Crippen molar-refractivity contribution in [1.82, 2.24) is 10.2 Å². The van der Waals surface area contributed by atoms with E-state index in [0.717, 1.165) is 51.4 Å². The molecule has 0 aliphatic carbocycles. The van der Waals surface area contributed by atoms with E-state index in [1.165, 1.54) is 5.56 Å². The molecule has 1 aliphatic heterocycles. The van der Waals surface area contributed by atoms with Crippen molar-refractivity contribution >= 4 is 0 Å². The molecule has 1 fully saturated rings. The Labute approximate surface area is 139 Å². The zero-order chi connectivity index (χ0) is 15.7. The minimum atomic E-state index is 0.576.